The average Bonchev–Trinajstić information content (AvgIpc) is 2.28. The van der Waals surface area contributed by atoms with Crippen LogP contribution in [0.3, 0.4) is 0 Å². The predicted octanol–water partition coefficient (Wildman–Crippen LogP) is 2.53. The second-order valence-corrected chi connectivity index (χ2v) is 5.22. The van der Waals surface area contributed by atoms with Gasteiger partial charge in [0, 0.05) is 22.7 Å². The number of carbonyl (C=O) groups is 1. The number of hydrogen-bond donors (Lipinski definition) is 2. The Morgan fingerprint density at radius 2 is 1.89 bits per heavy atom. The molecule has 7 heteroatoms. The Labute approximate surface area is 117 Å². The van der Waals surface area contributed by atoms with Gasteiger partial charge in [-0.1, -0.05) is 6.07 Å². The van der Waals surface area contributed by atoms with E-state index in [0.29, 0.717) is 5.56 Å². The van der Waals surface area contributed by atoms with Crippen molar-refractivity contribution in [3.8, 4) is 0 Å². The van der Waals surface area contributed by atoms with E-state index in [1.54, 1.807) is 0 Å². The van der Waals surface area contributed by atoms with E-state index in [1.165, 1.54) is 25.1 Å². The Morgan fingerprint density at radius 1 is 1.42 bits per heavy atom. The fourth-order valence-electron chi connectivity index (χ4n) is 1.03. The van der Waals surface area contributed by atoms with E-state index < -0.39 is 10.2 Å². The number of benzene rings is 1. The number of nitro groups is 1. The highest BCUT2D eigenvalue weighted by atomic mass is 35.5. The van der Waals surface area contributed by atoms with Crippen LogP contribution in [-0.4, -0.2) is 15.7 Å². The van der Waals surface area contributed by atoms with Crippen molar-refractivity contribution in [3.05, 3.63) is 39.4 Å². The number of nitrogens with zero attached hydrogens (tertiary/aromatic N) is 1. The smallest absolute Gasteiger partial charge is 0.273 e. The molecule has 0 aromatic heterocycles. The van der Waals surface area contributed by atoms with E-state index in [2.05, 4.69) is 5.43 Å². The molecule has 0 radical (unpaired) electrons. The quantitative estimate of drug-likeness (QED) is 0.377. The maximum atomic E-state index is 10.8. The van der Waals surface area contributed by atoms with Gasteiger partial charge >= 0.3 is 0 Å². The molecule has 6 nitrogen and oxygen atoms in total. The molecule has 0 fully saturated rings. The summed E-state index contributed by atoms with van der Waals surface area (Å²) in [6.07, 6.45) is 0. The van der Waals surface area contributed by atoms with Crippen LogP contribution in [0.25, 0.3) is 0 Å². The molecule has 0 heterocycles. The molecule has 0 saturated heterocycles. The second-order valence-electron chi connectivity index (χ2n) is 4.87. The third kappa shape index (κ3) is 6.28. The minimum atomic E-state index is -0.679. The van der Waals surface area contributed by atoms with Gasteiger partial charge in [0.15, 0.2) is 0 Å². The summed E-state index contributed by atoms with van der Waals surface area (Å²) < 4.78 is 0. The molecule has 0 unspecified atom stereocenters. The zero-order valence-corrected chi connectivity index (χ0v) is 12.1. The highest BCUT2D eigenvalue weighted by Gasteiger charge is 2.15. The van der Waals surface area contributed by atoms with Gasteiger partial charge in [0.2, 0.25) is 0 Å². The number of nitro benzene ring substituents is 1. The van der Waals surface area contributed by atoms with E-state index in [-0.39, 0.29) is 16.8 Å². The normalized spacial score (nSPS) is 10.4. The summed E-state index contributed by atoms with van der Waals surface area (Å²) in [7, 11) is 0. The number of halogens is 1. The fourth-order valence-corrected chi connectivity index (χ4v) is 1.24. The van der Waals surface area contributed by atoms with Gasteiger partial charge in [-0.05, 0) is 45.4 Å². The maximum absolute atomic E-state index is 10.8. The Balaban J connectivity index is 0.000000459. The lowest BCUT2D eigenvalue weighted by Crippen LogP contribution is -2.41. The van der Waals surface area contributed by atoms with Crippen molar-refractivity contribution in [2.24, 2.45) is 5.84 Å². The first-order valence-corrected chi connectivity index (χ1v) is 5.89. The van der Waals surface area contributed by atoms with Gasteiger partial charge in [0.1, 0.15) is 0 Å². The molecule has 19 heavy (non-hydrogen) atoms. The van der Waals surface area contributed by atoms with Crippen LogP contribution in [0.4, 0.5) is 5.69 Å². The first kappa shape index (κ1) is 17.5. The highest BCUT2D eigenvalue weighted by molar-refractivity contribution is 6.68. The summed E-state index contributed by atoms with van der Waals surface area (Å²) in [6, 6.07) is 4.22. The Morgan fingerprint density at radius 3 is 2.21 bits per heavy atom. The van der Waals surface area contributed by atoms with Crippen molar-refractivity contribution in [2.75, 3.05) is 0 Å². The summed E-state index contributed by atoms with van der Waals surface area (Å²) in [4.78, 5) is 20.7. The SMILES string of the molecule is CC(C)(C)NN.Cc1c(C(=O)Cl)cccc1[N+](=O)[O-]. The molecule has 0 aliphatic carbocycles. The zero-order chi connectivity index (χ0) is 15.2. The predicted molar refractivity (Wildman–Crippen MR) is 75.1 cm³/mol. The van der Waals surface area contributed by atoms with Gasteiger partial charge in [0.05, 0.1) is 4.92 Å². The Hall–Kier alpha value is -1.50. The third-order valence-corrected chi connectivity index (χ3v) is 2.35. The summed E-state index contributed by atoms with van der Waals surface area (Å²) in [5, 5.41) is 9.77. The molecule has 0 atom stereocenters. The van der Waals surface area contributed by atoms with Crippen LogP contribution in [0.2, 0.25) is 0 Å². The molecule has 0 bridgehead atoms. The average molecular weight is 288 g/mol. The summed E-state index contributed by atoms with van der Waals surface area (Å²) in [5.74, 6) is 5.06. The first-order valence-electron chi connectivity index (χ1n) is 5.51. The second kappa shape index (κ2) is 7.18. The number of nitrogens with one attached hydrogen (secondary N) is 1. The number of carbonyl (C=O) groups excluding carboxylic acids is 1. The van der Waals surface area contributed by atoms with E-state index in [9.17, 15) is 14.9 Å². The van der Waals surface area contributed by atoms with Gasteiger partial charge in [-0.2, -0.15) is 0 Å². The highest BCUT2D eigenvalue weighted by Crippen LogP contribution is 2.21. The number of nitrogens with two attached hydrogens (primary N) is 1. The van der Waals surface area contributed by atoms with Gasteiger partial charge in [-0.25, -0.2) is 0 Å². The number of hydrazine groups is 1. The molecular weight excluding hydrogens is 270 g/mol. The van der Waals surface area contributed by atoms with Crippen LogP contribution >= 0.6 is 11.6 Å². The topological polar surface area (TPSA) is 98.3 Å². The number of rotatable bonds is 2. The monoisotopic (exact) mass is 287 g/mol. The summed E-state index contributed by atoms with van der Waals surface area (Å²) in [6.45, 7) is 7.51. The van der Waals surface area contributed by atoms with Gasteiger partial charge in [-0.3, -0.25) is 26.2 Å². The van der Waals surface area contributed by atoms with Crippen LogP contribution in [-0.2, 0) is 0 Å². The molecule has 0 saturated carbocycles. The van der Waals surface area contributed by atoms with Gasteiger partial charge < -0.3 is 0 Å². The van der Waals surface area contributed by atoms with Crippen molar-refractivity contribution >= 4 is 22.5 Å². The van der Waals surface area contributed by atoms with Crippen molar-refractivity contribution in [1.82, 2.24) is 5.43 Å². The lowest BCUT2D eigenvalue weighted by molar-refractivity contribution is -0.385. The maximum Gasteiger partial charge on any atom is 0.273 e. The largest absolute Gasteiger partial charge is 0.276 e. The zero-order valence-electron chi connectivity index (χ0n) is 11.4. The standard InChI is InChI=1S/C8H6ClNO3.C4H12N2/c1-5-6(8(9)11)3-2-4-7(5)10(12)13;1-4(2,3)6-5/h2-4H,1H3;6H,5H2,1-3H3. The molecule has 1 aromatic rings. The van der Waals surface area contributed by atoms with E-state index in [4.69, 9.17) is 17.4 Å². The Bertz CT molecular complexity index is 438. The van der Waals surface area contributed by atoms with Crippen LogP contribution in [0, 0.1) is 17.0 Å². The molecule has 106 valence electrons. The van der Waals surface area contributed by atoms with Crippen LogP contribution < -0.4 is 11.3 Å². The number of hydrogen-bond acceptors (Lipinski definition) is 5. The first-order chi connectivity index (χ1) is 8.60. The van der Waals surface area contributed by atoms with Gasteiger partial charge in [-0.15, -0.1) is 0 Å². The summed E-state index contributed by atoms with van der Waals surface area (Å²) >= 11 is 5.22. The van der Waals surface area contributed by atoms with Crippen LogP contribution in [0.1, 0.15) is 36.7 Å². The molecular formula is C12H18ClN3O3. The summed E-state index contributed by atoms with van der Waals surface area (Å²) in [5.41, 5.74) is 3.06. The van der Waals surface area contributed by atoms with E-state index >= 15 is 0 Å². The minimum Gasteiger partial charge on any atom is -0.276 e. The molecule has 0 amide bonds. The lowest BCUT2D eigenvalue weighted by atomic mass is 10.1. The molecule has 0 spiro atoms. The molecule has 1 rings (SSSR count). The lowest BCUT2D eigenvalue weighted by Gasteiger charge is -2.14. The third-order valence-electron chi connectivity index (χ3n) is 2.15. The van der Waals surface area contributed by atoms with E-state index in [1.807, 2.05) is 20.8 Å². The van der Waals surface area contributed by atoms with Crippen molar-refractivity contribution in [1.29, 1.82) is 0 Å². The molecule has 0 aliphatic rings. The molecule has 3 N–H and O–H groups in total. The van der Waals surface area contributed by atoms with Crippen LogP contribution in [0.15, 0.2) is 18.2 Å². The Kier molecular flexibility index (Phi) is 6.61. The molecule has 0 aliphatic heterocycles. The van der Waals surface area contributed by atoms with Crippen molar-refractivity contribution < 1.29 is 9.72 Å². The fraction of sp³-hybridized carbons (Fsp3) is 0.417. The minimum absolute atomic E-state index is 0.0694. The van der Waals surface area contributed by atoms with Crippen LogP contribution in [0.5, 0.6) is 0 Å². The van der Waals surface area contributed by atoms with E-state index in [0.717, 1.165) is 0 Å². The van der Waals surface area contributed by atoms with Gasteiger partial charge in [0.25, 0.3) is 10.9 Å². The van der Waals surface area contributed by atoms with Crippen molar-refractivity contribution in [2.45, 2.75) is 33.2 Å². The molecule has 1 aromatic carbocycles. The van der Waals surface area contributed by atoms with Crippen molar-refractivity contribution in [3.63, 3.8) is 0 Å².